The summed E-state index contributed by atoms with van der Waals surface area (Å²) >= 11 is 0. The molecule has 1 saturated heterocycles. The Labute approximate surface area is 160 Å². The lowest BCUT2D eigenvalue weighted by Crippen LogP contribution is -2.54. The third-order valence-electron chi connectivity index (χ3n) is 4.64. The van der Waals surface area contributed by atoms with Gasteiger partial charge in [0.15, 0.2) is 17.7 Å². The third-order valence-corrected chi connectivity index (χ3v) is 4.64. The molecule has 0 aromatic carbocycles. The monoisotopic (exact) mass is 395 g/mol. The fraction of sp³-hybridized carbons (Fsp3) is 0.471. The lowest BCUT2D eigenvalue weighted by atomic mass is 9.90. The van der Waals surface area contributed by atoms with Gasteiger partial charge < -0.3 is 46.1 Å². The smallest absolute Gasteiger partial charge is 0.266 e. The van der Waals surface area contributed by atoms with Crippen molar-refractivity contribution in [2.75, 3.05) is 6.67 Å². The molecule has 0 spiro atoms. The number of nitrogens with one attached hydrogen (secondary N) is 1. The molecule has 2 aliphatic heterocycles. The number of aliphatic imine (C=N–C) groups is 1. The van der Waals surface area contributed by atoms with Crippen molar-refractivity contribution in [1.29, 1.82) is 0 Å². The minimum atomic E-state index is -2.08. The molecule has 0 radical (unpaired) electrons. The molecule has 11 heteroatoms. The number of hydrogen-bond donors (Lipinski definition) is 6. The van der Waals surface area contributed by atoms with Crippen LogP contribution in [0.5, 0.6) is 0 Å². The predicted molar refractivity (Wildman–Crippen MR) is 97.2 cm³/mol. The number of aliphatic hydroxyl groups excluding tert-OH is 2. The zero-order valence-electron chi connectivity index (χ0n) is 15.0. The van der Waals surface area contributed by atoms with Gasteiger partial charge >= 0.3 is 0 Å². The number of guanidine groups is 1. The molecule has 5 atom stereocenters. The van der Waals surface area contributed by atoms with Gasteiger partial charge in [-0.1, -0.05) is 18.4 Å². The van der Waals surface area contributed by atoms with Crippen LogP contribution >= 0.6 is 0 Å². The number of rotatable bonds is 4. The number of hydrogen-bond acceptors (Lipinski definition) is 9. The van der Waals surface area contributed by atoms with E-state index < -0.39 is 43.2 Å². The van der Waals surface area contributed by atoms with Crippen molar-refractivity contribution in [2.24, 2.45) is 16.5 Å². The average molecular weight is 395 g/mol. The minimum absolute atomic E-state index is 0.102. The van der Waals surface area contributed by atoms with Crippen molar-refractivity contribution in [3.63, 3.8) is 0 Å². The van der Waals surface area contributed by atoms with Gasteiger partial charge in [0.25, 0.3) is 6.48 Å². The average Bonchev–Trinajstić information content (AvgIpc) is 3.13. The molecule has 10 nitrogen and oxygen atoms in total. The summed E-state index contributed by atoms with van der Waals surface area (Å²) in [6.07, 6.45) is -2.99. The molecule has 2 unspecified atom stereocenters. The van der Waals surface area contributed by atoms with Crippen LogP contribution in [-0.2, 0) is 9.47 Å². The Balaban J connectivity index is 2.05. The van der Waals surface area contributed by atoms with Gasteiger partial charge in [-0.25, -0.2) is 4.39 Å². The lowest BCUT2D eigenvalue weighted by Gasteiger charge is -2.29. The molecule has 0 saturated carbocycles. The van der Waals surface area contributed by atoms with Gasteiger partial charge in [-0.2, -0.15) is 4.99 Å². The second-order valence-electron chi connectivity index (χ2n) is 6.49. The molecule has 1 aromatic rings. The molecule has 152 valence electrons. The van der Waals surface area contributed by atoms with E-state index in [4.69, 9.17) is 31.2 Å². The number of halogens is 1. The van der Waals surface area contributed by atoms with Crippen molar-refractivity contribution in [3.8, 4) is 11.8 Å². The Kier molecular flexibility index (Phi) is 5.44. The van der Waals surface area contributed by atoms with Crippen LogP contribution in [0.15, 0.2) is 23.8 Å². The van der Waals surface area contributed by atoms with E-state index in [9.17, 15) is 9.50 Å². The second kappa shape index (κ2) is 7.51. The van der Waals surface area contributed by atoms with Crippen LogP contribution in [-0.4, -0.2) is 62.8 Å². The summed E-state index contributed by atoms with van der Waals surface area (Å²) in [4.78, 5) is 4.22. The number of nitrogens with two attached hydrogens (primary N) is 2. The van der Waals surface area contributed by atoms with Gasteiger partial charge in [-0.3, -0.25) is 0 Å². The predicted octanol–water partition coefficient (Wildman–Crippen LogP) is -1.39. The fourth-order valence-electron chi connectivity index (χ4n) is 3.35. The van der Waals surface area contributed by atoms with Crippen LogP contribution in [0.25, 0.3) is 5.70 Å². The van der Waals surface area contributed by atoms with Crippen molar-refractivity contribution < 1.29 is 29.2 Å². The number of fused-ring (bicyclic) bond motifs is 1. The summed E-state index contributed by atoms with van der Waals surface area (Å²) < 4.78 is 25.0. The molecule has 3 rings (SSSR count). The topological polar surface area (TPSA) is 161 Å². The zero-order valence-corrected chi connectivity index (χ0v) is 15.0. The van der Waals surface area contributed by atoms with Gasteiger partial charge in [-0.15, -0.1) is 0 Å². The van der Waals surface area contributed by atoms with Crippen LogP contribution in [0.2, 0.25) is 0 Å². The van der Waals surface area contributed by atoms with Crippen LogP contribution < -0.4 is 16.8 Å². The van der Waals surface area contributed by atoms with E-state index in [2.05, 4.69) is 28.7 Å². The van der Waals surface area contributed by atoms with Gasteiger partial charge in [0.2, 0.25) is 0 Å². The minimum Gasteiger partial charge on any atom is -0.387 e. The summed E-state index contributed by atoms with van der Waals surface area (Å²) in [6.45, 7) is 2.28. The summed E-state index contributed by atoms with van der Waals surface area (Å²) in [7, 11) is 0. The number of aliphatic hydroxyl groups is 3. The Bertz CT molecular complexity index is 860. The van der Waals surface area contributed by atoms with Gasteiger partial charge in [0.1, 0.15) is 24.7 Å². The molecule has 8 N–H and O–H groups in total. The Morgan fingerprint density at radius 1 is 1.57 bits per heavy atom. The molecule has 1 aromatic heterocycles. The first-order valence-corrected chi connectivity index (χ1v) is 8.40. The Morgan fingerprint density at radius 3 is 2.93 bits per heavy atom. The first kappa shape index (κ1) is 20.3. The second-order valence-corrected chi connectivity index (χ2v) is 6.49. The Morgan fingerprint density at radius 2 is 2.29 bits per heavy atom. The SMILES string of the molecule is C=C1NC(N)=Nc2c1ccn2[C@@H]1O[C@H]([C@H](C)OC(O)O)C(O)C1(N)C#CCF. The van der Waals surface area contributed by atoms with Crippen molar-refractivity contribution in [3.05, 3.63) is 24.4 Å². The number of ether oxygens (including phenoxy) is 2. The maximum Gasteiger partial charge on any atom is 0.266 e. The van der Waals surface area contributed by atoms with E-state index in [1.54, 1.807) is 12.3 Å². The summed E-state index contributed by atoms with van der Waals surface area (Å²) in [5.41, 5.74) is 11.5. The summed E-state index contributed by atoms with van der Waals surface area (Å²) in [5, 5.41) is 31.7. The molecule has 2 aliphatic rings. The van der Waals surface area contributed by atoms with Crippen LogP contribution in [0.1, 0.15) is 18.7 Å². The highest BCUT2D eigenvalue weighted by Gasteiger charge is 2.56. The highest BCUT2D eigenvalue weighted by molar-refractivity contribution is 5.94. The van der Waals surface area contributed by atoms with Gasteiger partial charge in [-0.05, 0) is 13.0 Å². The van der Waals surface area contributed by atoms with E-state index in [0.717, 1.165) is 0 Å². The number of aromatic nitrogens is 1. The Hall–Kier alpha value is -2.46. The standard InChI is InChI=1S/C17H22FN5O5/c1-8-10-4-7-23(13(10)22-15(19)21-8)14-17(20,5-3-6-18)12(24)11(28-14)9(2)27-16(25)26/h4,7,9,11-12,14,16,24-26H,1,6,20H2,2H3,(H3,19,21,22)/t9-,11+,12?,14+,17?/m0/s1. The highest BCUT2D eigenvalue weighted by Crippen LogP contribution is 2.42. The molecular weight excluding hydrogens is 373 g/mol. The summed E-state index contributed by atoms with van der Waals surface area (Å²) in [5.74, 6) is 5.22. The normalized spacial score (nSPS) is 30.3. The van der Waals surface area contributed by atoms with E-state index in [-0.39, 0.29) is 5.96 Å². The fourth-order valence-corrected chi connectivity index (χ4v) is 3.35. The zero-order chi connectivity index (χ0) is 20.6. The van der Waals surface area contributed by atoms with E-state index >= 15 is 0 Å². The molecule has 28 heavy (non-hydrogen) atoms. The van der Waals surface area contributed by atoms with Crippen LogP contribution in [0.3, 0.4) is 0 Å². The molecule has 1 fully saturated rings. The van der Waals surface area contributed by atoms with Crippen LogP contribution in [0.4, 0.5) is 10.2 Å². The maximum absolute atomic E-state index is 12.7. The van der Waals surface area contributed by atoms with Crippen LogP contribution in [0, 0.1) is 11.8 Å². The molecule has 3 heterocycles. The van der Waals surface area contributed by atoms with Gasteiger partial charge in [0, 0.05) is 17.5 Å². The number of nitrogens with zero attached hydrogens (tertiary/aromatic N) is 2. The van der Waals surface area contributed by atoms with E-state index in [1.165, 1.54) is 11.5 Å². The number of alkyl halides is 1. The third kappa shape index (κ3) is 3.37. The maximum atomic E-state index is 12.7. The van der Waals surface area contributed by atoms with Gasteiger partial charge in [0.05, 0.1) is 6.10 Å². The van der Waals surface area contributed by atoms with E-state index in [0.29, 0.717) is 17.1 Å². The largest absolute Gasteiger partial charge is 0.387 e. The molecular formula is C17H22FN5O5. The van der Waals surface area contributed by atoms with Crippen molar-refractivity contribution >= 4 is 17.5 Å². The molecule has 0 bridgehead atoms. The quantitative estimate of drug-likeness (QED) is 0.268. The summed E-state index contributed by atoms with van der Waals surface area (Å²) in [6, 6.07) is 1.70. The first-order valence-electron chi connectivity index (χ1n) is 8.40. The first-order chi connectivity index (χ1) is 13.2. The highest BCUT2D eigenvalue weighted by atomic mass is 19.1. The van der Waals surface area contributed by atoms with E-state index in [1.807, 2.05) is 0 Å². The molecule has 0 amide bonds. The van der Waals surface area contributed by atoms with Crippen molar-refractivity contribution in [1.82, 2.24) is 9.88 Å². The van der Waals surface area contributed by atoms with Crippen molar-refractivity contribution in [2.45, 2.75) is 43.5 Å². The lowest BCUT2D eigenvalue weighted by molar-refractivity contribution is -0.272. The molecule has 0 aliphatic carbocycles.